The van der Waals surface area contributed by atoms with Crippen molar-refractivity contribution in [3.8, 4) is 0 Å². The molecule has 1 saturated heterocycles. The molecular formula is C29H51N5O8S. The smallest absolute Gasteiger partial charge is 0.407 e. The molecule has 13 nitrogen and oxygen atoms in total. The molecule has 14 heteroatoms. The average Bonchev–Trinajstić information content (AvgIpc) is 3.38. The van der Waals surface area contributed by atoms with E-state index in [-0.39, 0.29) is 12.5 Å². The van der Waals surface area contributed by atoms with E-state index in [2.05, 4.69) is 17.6 Å². The maximum atomic E-state index is 13.2. The number of aliphatic carboxylic acids is 1. The lowest BCUT2D eigenvalue weighted by Crippen LogP contribution is -2.54. The number of unbranched alkanes of at least 4 members (excludes halogenated alkanes) is 4. The monoisotopic (exact) mass is 629 g/mol. The Labute approximate surface area is 256 Å². The molecule has 0 bridgehead atoms. The number of nitrogens with zero attached hydrogens (tertiary/aromatic N) is 3. The molecule has 0 radical (unpaired) electrons. The fourth-order valence-electron chi connectivity index (χ4n) is 5.07. The van der Waals surface area contributed by atoms with Crippen LogP contribution in [0.25, 0.3) is 0 Å². The van der Waals surface area contributed by atoms with Gasteiger partial charge in [-0.15, -0.1) is 0 Å². The van der Waals surface area contributed by atoms with E-state index < -0.39 is 63.7 Å². The van der Waals surface area contributed by atoms with Crippen LogP contribution in [0.5, 0.6) is 0 Å². The molecule has 1 saturated carbocycles. The number of ether oxygens (including phenoxy) is 1. The van der Waals surface area contributed by atoms with E-state index in [4.69, 9.17) is 4.74 Å². The minimum atomic E-state index is -3.73. The predicted molar refractivity (Wildman–Crippen MR) is 162 cm³/mol. The number of carboxylic acids is 1. The van der Waals surface area contributed by atoms with E-state index in [1.807, 2.05) is 12.2 Å². The molecule has 246 valence electrons. The van der Waals surface area contributed by atoms with Gasteiger partial charge in [0.15, 0.2) is 0 Å². The van der Waals surface area contributed by atoms with Crippen molar-refractivity contribution in [2.75, 3.05) is 40.8 Å². The molecule has 0 aromatic carbocycles. The number of hydrogen-bond donors (Lipinski definition) is 3. The summed E-state index contributed by atoms with van der Waals surface area (Å²) in [6.07, 6.45) is 8.71. The molecule has 2 rings (SSSR count). The van der Waals surface area contributed by atoms with Crippen molar-refractivity contribution in [1.82, 2.24) is 24.1 Å². The van der Waals surface area contributed by atoms with Gasteiger partial charge in [-0.1, -0.05) is 59.1 Å². The molecule has 3 amide bonds. The molecular weight excluding hydrogens is 578 g/mol. The van der Waals surface area contributed by atoms with E-state index in [0.717, 1.165) is 40.7 Å². The van der Waals surface area contributed by atoms with E-state index in [0.29, 0.717) is 25.8 Å². The van der Waals surface area contributed by atoms with Gasteiger partial charge in [0.2, 0.25) is 11.8 Å². The number of hydrogen-bond acceptors (Lipinski definition) is 7. The number of likely N-dealkylation sites (tertiary alicyclic amines) is 1. The fraction of sp³-hybridized carbons (Fsp3) is 0.793. The standard InChI is InChI=1S/C29H51N5O8S/c1-8-9-10-11-12-13-15-21-18-29(21,26(37)38)31-25(36)22-16-14-17-34(22)24(35)19-30-27(39)42-23(28(2,3)4)20-33(7)43(40,41)32(5)6/h13,15,21-23H,8-12,14,16-20H2,1-7H3,(H,30,39)(H,31,36)(H,37,38)/b15-13-/t21?,22?,23?,29-/m1/s1. The first-order valence-corrected chi connectivity index (χ1v) is 16.5. The summed E-state index contributed by atoms with van der Waals surface area (Å²) in [6, 6.07) is -0.840. The molecule has 0 aromatic rings. The molecule has 0 aromatic heterocycles. The number of allylic oxidation sites excluding steroid dienone is 1. The van der Waals surface area contributed by atoms with Crippen LogP contribution in [0.3, 0.4) is 0 Å². The number of carboxylic acid groups (broad SMARTS) is 1. The number of rotatable bonds is 16. The SMILES string of the molecule is CCCCCC/C=C\C1C[C@]1(NC(=O)C1CCCN1C(=O)CNC(=O)OC(CN(C)S(=O)(=O)N(C)C)C(C)(C)C)C(=O)O. The highest BCUT2D eigenvalue weighted by molar-refractivity contribution is 7.86. The van der Waals surface area contributed by atoms with Crippen molar-refractivity contribution in [2.45, 2.75) is 96.7 Å². The zero-order valence-electron chi connectivity index (χ0n) is 26.7. The van der Waals surface area contributed by atoms with Crippen LogP contribution in [-0.4, -0.2) is 109 Å². The van der Waals surface area contributed by atoms with Gasteiger partial charge in [0, 0.05) is 39.0 Å². The Morgan fingerprint density at radius 1 is 1.14 bits per heavy atom. The summed E-state index contributed by atoms with van der Waals surface area (Å²) < 4.78 is 32.6. The minimum absolute atomic E-state index is 0.0971. The van der Waals surface area contributed by atoms with Crippen LogP contribution in [0.4, 0.5) is 4.79 Å². The van der Waals surface area contributed by atoms with E-state index >= 15 is 0 Å². The quantitative estimate of drug-likeness (QED) is 0.173. The maximum Gasteiger partial charge on any atom is 0.407 e. The van der Waals surface area contributed by atoms with Gasteiger partial charge in [-0.05, 0) is 32.1 Å². The van der Waals surface area contributed by atoms with Gasteiger partial charge in [0.05, 0.1) is 6.54 Å². The molecule has 4 atom stereocenters. The van der Waals surface area contributed by atoms with Crippen molar-refractivity contribution in [3.05, 3.63) is 12.2 Å². The summed E-state index contributed by atoms with van der Waals surface area (Å²) >= 11 is 0. The number of carbonyl (C=O) groups excluding carboxylic acids is 3. The Hall–Kier alpha value is -2.71. The zero-order chi connectivity index (χ0) is 32.6. The van der Waals surface area contributed by atoms with Crippen molar-refractivity contribution in [3.63, 3.8) is 0 Å². The van der Waals surface area contributed by atoms with Gasteiger partial charge in [-0.25, -0.2) is 9.59 Å². The summed E-state index contributed by atoms with van der Waals surface area (Å²) in [5.41, 5.74) is -1.98. The Morgan fingerprint density at radius 2 is 1.81 bits per heavy atom. The normalized spacial score (nSPS) is 23.0. The first-order chi connectivity index (χ1) is 20.0. The summed E-state index contributed by atoms with van der Waals surface area (Å²) in [5.74, 6) is -2.42. The third kappa shape index (κ3) is 9.90. The highest BCUT2D eigenvalue weighted by atomic mass is 32.2. The van der Waals surface area contributed by atoms with Crippen molar-refractivity contribution in [2.24, 2.45) is 11.3 Å². The second kappa shape index (κ2) is 15.3. The lowest BCUT2D eigenvalue weighted by atomic mass is 9.89. The van der Waals surface area contributed by atoms with E-state index in [1.54, 1.807) is 20.8 Å². The third-order valence-electron chi connectivity index (χ3n) is 8.09. The molecule has 3 N–H and O–H groups in total. The molecule has 2 aliphatic rings. The van der Waals surface area contributed by atoms with Crippen LogP contribution in [0.1, 0.15) is 79.1 Å². The van der Waals surface area contributed by atoms with Crippen molar-refractivity contribution >= 4 is 34.1 Å². The van der Waals surface area contributed by atoms with Crippen LogP contribution >= 0.6 is 0 Å². The molecule has 3 unspecified atom stereocenters. The van der Waals surface area contributed by atoms with Gasteiger partial charge in [-0.2, -0.15) is 17.0 Å². The van der Waals surface area contributed by atoms with Crippen LogP contribution in [0.15, 0.2) is 12.2 Å². The Balaban J connectivity index is 1.94. The van der Waals surface area contributed by atoms with Gasteiger partial charge >= 0.3 is 12.1 Å². The van der Waals surface area contributed by atoms with E-state index in [9.17, 15) is 32.7 Å². The highest BCUT2D eigenvalue weighted by Gasteiger charge is 2.61. The van der Waals surface area contributed by atoms with Gasteiger partial charge in [-0.3, -0.25) is 9.59 Å². The van der Waals surface area contributed by atoms with Crippen molar-refractivity contribution < 1.29 is 37.4 Å². The summed E-state index contributed by atoms with van der Waals surface area (Å²) in [7, 11) is 0.467. The van der Waals surface area contributed by atoms with Gasteiger partial charge < -0.3 is 25.4 Å². The number of alkyl carbamates (subject to hydrolysis) is 1. The Morgan fingerprint density at radius 3 is 2.40 bits per heavy atom. The molecule has 1 aliphatic heterocycles. The summed E-state index contributed by atoms with van der Waals surface area (Å²) in [4.78, 5) is 52.3. The number of amides is 3. The van der Waals surface area contributed by atoms with E-state index in [1.165, 1.54) is 26.0 Å². The highest BCUT2D eigenvalue weighted by Crippen LogP contribution is 2.45. The number of likely N-dealkylation sites (N-methyl/N-ethyl adjacent to an activating group) is 1. The molecule has 43 heavy (non-hydrogen) atoms. The second-order valence-corrected chi connectivity index (χ2v) is 15.0. The van der Waals surface area contributed by atoms with Gasteiger partial charge in [0.1, 0.15) is 24.2 Å². The van der Waals surface area contributed by atoms with Crippen molar-refractivity contribution in [1.29, 1.82) is 0 Å². The molecule has 2 fully saturated rings. The maximum absolute atomic E-state index is 13.2. The molecule has 0 spiro atoms. The molecule has 1 aliphatic carbocycles. The third-order valence-corrected chi connectivity index (χ3v) is 9.95. The lowest BCUT2D eigenvalue weighted by molar-refractivity contribution is -0.145. The predicted octanol–water partition coefficient (Wildman–Crippen LogP) is 2.34. The first kappa shape index (κ1) is 36.5. The molecule has 1 heterocycles. The fourth-order valence-corrected chi connectivity index (χ4v) is 5.95. The van der Waals surface area contributed by atoms with Gasteiger partial charge in [0.25, 0.3) is 10.2 Å². The lowest BCUT2D eigenvalue weighted by Gasteiger charge is -2.33. The van der Waals surface area contributed by atoms with Crippen LogP contribution in [-0.2, 0) is 29.3 Å². The van der Waals surface area contributed by atoms with Crippen LogP contribution < -0.4 is 10.6 Å². The average molecular weight is 630 g/mol. The Kier molecular flexibility index (Phi) is 13.0. The van der Waals surface area contributed by atoms with Crippen LogP contribution in [0, 0.1) is 11.3 Å². The minimum Gasteiger partial charge on any atom is -0.479 e. The van der Waals surface area contributed by atoms with Crippen LogP contribution in [0.2, 0.25) is 0 Å². The largest absolute Gasteiger partial charge is 0.479 e. The number of nitrogens with one attached hydrogen (secondary N) is 2. The first-order valence-electron chi connectivity index (χ1n) is 15.1. The number of carbonyl (C=O) groups is 4. The summed E-state index contributed by atoms with van der Waals surface area (Å²) in [5, 5.41) is 15.0. The summed E-state index contributed by atoms with van der Waals surface area (Å²) in [6.45, 7) is 7.32. The topological polar surface area (TPSA) is 166 Å². The Bertz CT molecular complexity index is 1140. The second-order valence-electron chi connectivity index (χ2n) is 12.8. The zero-order valence-corrected chi connectivity index (χ0v) is 27.5.